The number of carbonyl (C=O) groups is 2. The minimum absolute atomic E-state index is 0.0235. The SMILES string of the molecule is CC(NC(=O)c1ccccc1SCC(=O)NC12CC3CC(CC(C3)C1)C2)c1cccc(Cl)c1. The van der Waals surface area contributed by atoms with Crippen molar-refractivity contribution in [1.82, 2.24) is 10.6 Å². The highest BCUT2D eigenvalue weighted by Crippen LogP contribution is 2.55. The van der Waals surface area contributed by atoms with Gasteiger partial charge in [-0.25, -0.2) is 0 Å². The molecule has 2 N–H and O–H groups in total. The van der Waals surface area contributed by atoms with E-state index in [1.54, 1.807) is 0 Å². The van der Waals surface area contributed by atoms with Crippen molar-refractivity contribution in [2.45, 2.75) is 61.9 Å². The Morgan fingerprint density at radius 2 is 1.70 bits per heavy atom. The summed E-state index contributed by atoms with van der Waals surface area (Å²) in [5, 5.41) is 7.14. The first-order valence-electron chi connectivity index (χ1n) is 12.0. The maximum atomic E-state index is 13.0. The number of rotatable bonds is 7. The molecule has 4 aliphatic carbocycles. The molecule has 33 heavy (non-hydrogen) atoms. The predicted molar refractivity (Wildman–Crippen MR) is 134 cm³/mol. The van der Waals surface area contributed by atoms with Gasteiger partial charge in [-0.3, -0.25) is 9.59 Å². The number of carbonyl (C=O) groups excluding carboxylic acids is 2. The zero-order chi connectivity index (χ0) is 23.0. The Morgan fingerprint density at radius 1 is 1.03 bits per heavy atom. The normalized spacial score (nSPS) is 28.4. The lowest BCUT2D eigenvalue weighted by Gasteiger charge is -2.56. The molecule has 4 aliphatic rings. The fourth-order valence-corrected chi connectivity index (χ4v) is 7.70. The van der Waals surface area contributed by atoms with E-state index in [0.29, 0.717) is 16.3 Å². The van der Waals surface area contributed by atoms with Gasteiger partial charge < -0.3 is 10.6 Å². The predicted octanol–water partition coefficient (Wildman–Crippen LogP) is 6.01. The molecule has 6 heteroatoms. The van der Waals surface area contributed by atoms with Gasteiger partial charge in [-0.1, -0.05) is 35.9 Å². The zero-order valence-corrected chi connectivity index (χ0v) is 20.6. The Balaban J connectivity index is 1.20. The van der Waals surface area contributed by atoms with Crippen LogP contribution in [0.4, 0.5) is 0 Å². The molecule has 4 saturated carbocycles. The van der Waals surface area contributed by atoms with E-state index in [1.807, 2.05) is 55.5 Å². The largest absolute Gasteiger partial charge is 0.350 e. The van der Waals surface area contributed by atoms with Crippen LogP contribution in [0.3, 0.4) is 0 Å². The molecule has 2 aromatic rings. The Hall–Kier alpha value is -1.98. The molecule has 0 aromatic heterocycles. The molecule has 4 nitrogen and oxygen atoms in total. The molecule has 1 unspecified atom stereocenters. The summed E-state index contributed by atoms with van der Waals surface area (Å²) in [6.07, 6.45) is 7.53. The topological polar surface area (TPSA) is 58.2 Å². The average Bonchev–Trinajstić information content (AvgIpc) is 2.76. The number of amides is 2. The van der Waals surface area contributed by atoms with Crippen LogP contribution in [0.5, 0.6) is 0 Å². The molecule has 6 rings (SSSR count). The molecule has 4 fully saturated rings. The smallest absolute Gasteiger partial charge is 0.252 e. The van der Waals surface area contributed by atoms with E-state index in [4.69, 9.17) is 11.6 Å². The van der Waals surface area contributed by atoms with Gasteiger partial charge in [-0.2, -0.15) is 0 Å². The number of thioether (sulfide) groups is 1. The maximum absolute atomic E-state index is 13.0. The molecule has 174 valence electrons. The van der Waals surface area contributed by atoms with Crippen LogP contribution < -0.4 is 10.6 Å². The Morgan fingerprint density at radius 3 is 2.36 bits per heavy atom. The van der Waals surface area contributed by atoms with Crippen LogP contribution in [-0.2, 0) is 4.79 Å². The molecule has 4 bridgehead atoms. The number of halogens is 1. The third-order valence-corrected chi connectivity index (χ3v) is 8.94. The first kappa shape index (κ1) is 22.8. The summed E-state index contributed by atoms with van der Waals surface area (Å²) in [6.45, 7) is 1.94. The monoisotopic (exact) mass is 482 g/mol. The summed E-state index contributed by atoms with van der Waals surface area (Å²) >= 11 is 7.54. The Kier molecular flexibility index (Phi) is 6.45. The van der Waals surface area contributed by atoms with Gasteiger partial charge in [0.15, 0.2) is 0 Å². The Labute approximate surface area is 205 Å². The van der Waals surface area contributed by atoms with E-state index in [2.05, 4.69) is 10.6 Å². The summed E-state index contributed by atoms with van der Waals surface area (Å²) in [5.74, 6) is 2.67. The number of benzene rings is 2. The summed E-state index contributed by atoms with van der Waals surface area (Å²) in [7, 11) is 0. The molecule has 0 spiro atoms. The van der Waals surface area contributed by atoms with Crippen molar-refractivity contribution in [1.29, 1.82) is 0 Å². The van der Waals surface area contributed by atoms with Gasteiger partial charge in [0, 0.05) is 15.5 Å². The van der Waals surface area contributed by atoms with E-state index in [0.717, 1.165) is 47.5 Å². The second-order valence-electron chi connectivity index (χ2n) is 10.3. The van der Waals surface area contributed by atoms with Crippen LogP contribution in [-0.4, -0.2) is 23.1 Å². The van der Waals surface area contributed by atoms with Gasteiger partial charge in [0.2, 0.25) is 5.91 Å². The number of nitrogens with one attached hydrogen (secondary N) is 2. The highest BCUT2D eigenvalue weighted by atomic mass is 35.5. The van der Waals surface area contributed by atoms with E-state index in [-0.39, 0.29) is 23.4 Å². The van der Waals surface area contributed by atoms with Crippen molar-refractivity contribution in [2.24, 2.45) is 17.8 Å². The number of hydrogen-bond donors (Lipinski definition) is 2. The zero-order valence-electron chi connectivity index (χ0n) is 19.0. The third-order valence-electron chi connectivity index (χ3n) is 7.63. The van der Waals surface area contributed by atoms with E-state index in [1.165, 1.54) is 31.0 Å². The second kappa shape index (κ2) is 9.34. The molecule has 1 atom stereocenters. The van der Waals surface area contributed by atoms with Crippen LogP contribution in [0, 0.1) is 17.8 Å². The lowest BCUT2D eigenvalue weighted by molar-refractivity contribution is -0.124. The molecule has 2 aromatic carbocycles. The van der Waals surface area contributed by atoms with Crippen molar-refractivity contribution >= 4 is 35.2 Å². The third kappa shape index (κ3) is 5.09. The van der Waals surface area contributed by atoms with Crippen LogP contribution in [0.15, 0.2) is 53.4 Å². The lowest BCUT2D eigenvalue weighted by atomic mass is 9.53. The van der Waals surface area contributed by atoms with Gasteiger partial charge in [0.05, 0.1) is 17.4 Å². The molecule has 0 radical (unpaired) electrons. The minimum atomic E-state index is -0.173. The molecular weight excluding hydrogens is 452 g/mol. The fourth-order valence-electron chi connectivity index (χ4n) is 6.65. The van der Waals surface area contributed by atoms with Gasteiger partial charge >= 0.3 is 0 Å². The van der Waals surface area contributed by atoms with E-state index < -0.39 is 0 Å². The van der Waals surface area contributed by atoms with Crippen molar-refractivity contribution in [2.75, 3.05) is 5.75 Å². The first-order valence-corrected chi connectivity index (χ1v) is 13.3. The minimum Gasteiger partial charge on any atom is -0.350 e. The van der Waals surface area contributed by atoms with Crippen LogP contribution >= 0.6 is 23.4 Å². The molecule has 0 heterocycles. The van der Waals surface area contributed by atoms with E-state index >= 15 is 0 Å². The molecular formula is C27H31ClN2O2S. The van der Waals surface area contributed by atoms with Crippen LogP contribution in [0.1, 0.15) is 67.4 Å². The highest BCUT2D eigenvalue weighted by Gasteiger charge is 2.51. The van der Waals surface area contributed by atoms with Gasteiger partial charge in [-0.15, -0.1) is 11.8 Å². The lowest BCUT2D eigenvalue weighted by Crippen LogP contribution is -2.60. The standard InChI is InChI=1S/C27H31ClN2O2S/c1-17(21-5-4-6-22(28)12-21)29-26(32)23-7-2-3-8-24(23)33-16-25(31)30-27-13-18-9-19(14-27)11-20(10-18)15-27/h2-8,12,17-20H,9-11,13-16H2,1H3,(H,29,32)(H,30,31). The van der Waals surface area contributed by atoms with Crippen molar-refractivity contribution in [3.05, 3.63) is 64.7 Å². The molecule has 2 amide bonds. The highest BCUT2D eigenvalue weighted by molar-refractivity contribution is 8.00. The molecule has 0 aliphatic heterocycles. The fraction of sp³-hybridized carbons (Fsp3) is 0.481. The summed E-state index contributed by atoms with van der Waals surface area (Å²) in [5.41, 5.74) is 1.57. The van der Waals surface area contributed by atoms with Crippen LogP contribution in [0.25, 0.3) is 0 Å². The maximum Gasteiger partial charge on any atom is 0.252 e. The summed E-state index contributed by atoms with van der Waals surface area (Å²) < 4.78 is 0. The summed E-state index contributed by atoms with van der Waals surface area (Å²) in [6, 6.07) is 14.9. The summed E-state index contributed by atoms with van der Waals surface area (Å²) in [4.78, 5) is 26.8. The Bertz CT molecular complexity index is 1020. The van der Waals surface area contributed by atoms with Crippen molar-refractivity contribution in [3.8, 4) is 0 Å². The van der Waals surface area contributed by atoms with Crippen molar-refractivity contribution in [3.63, 3.8) is 0 Å². The van der Waals surface area contributed by atoms with Crippen LogP contribution in [0.2, 0.25) is 5.02 Å². The second-order valence-corrected chi connectivity index (χ2v) is 11.7. The van der Waals surface area contributed by atoms with Gasteiger partial charge in [0.25, 0.3) is 5.91 Å². The number of hydrogen-bond acceptors (Lipinski definition) is 3. The van der Waals surface area contributed by atoms with Gasteiger partial charge in [-0.05, 0) is 93.0 Å². The van der Waals surface area contributed by atoms with Gasteiger partial charge in [0.1, 0.15) is 0 Å². The first-order chi connectivity index (χ1) is 15.9. The molecule has 0 saturated heterocycles. The average molecular weight is 483 g/mol. The van der Waals surface area contributed by atoms with E-state index in [9.17, 15) is 9.59 Å². The quantitative estimate of drug-likeness (QED) is 0.475. The van der Waals surface area contributed by atoms with Crippen molar-refractivity contribution < 1.29 is 9.59 Å².